The first kappa shape index (κ1) is 9.03. The highest BCUT2D eigenvalue weighted by molar-refractivity contribution is 5.73. The minimum atomic E-state index is -0.372. The van der Waals surface area contributed by atoms with Gasteiger partial charge in [0.15, 0.2) is 6.04 Å². The molecule has 1 aliphatic rings. The van der Waals surface area contributed by atoms with Gasteiger partial charge in [-0.05, 0) is 6.92 Å². The molecule has 1 aliphatic heterocycles. The van der Waals surface area contributed by atoms with Crippen LogP contribution in [0.15, 0.2) is 0 Å². The summed E-state index contributed by atoms with van der Waals surface area (Å²) in [6.07, 6.45) is 0. The van der Waals surface area contributed by atoms with Crippen LogP contribution in [0.3, 0.4) is 0 Å². The van der Waals surface area contributed by atoms with Crippen molar-refractivity contribution in [3.05, 3.63) is 5.21 Å². The van der Waals surface area contributed by atoms with E-state index in [9.17, 15) is 10.0 Å². The van der Waals surface area contributed by atoms with Crippen LogP contribution in [0.2, 0.25) is 0 Å². The largest absolute Gasteiger partial charge is 0.624 e. The van der Waals surface area contributed by atoms with Gasteiger partial charge in [-0.15, -0.1) is 0 Å². The van der Waals surface area contributed by atoms with Crippen LogP contribution in [0.1, 0.15) is 13.8 Å². The molecule has 12 heavy (non-hydrogen) atoms. The molecular weight excluding hydrogens is 158 g/mol. The van der Waals surface area contributed by atoms with Crippen molar-refractivity contribution in [3.8, 4) is 0 Å². The number of hydrogen-bond donors (Lipinski definition) is 0. The van der Waals surface area contributed by atoms with Gasteiger partial charge in [-0.1, -0.05) is 6.92 Å². The number of carbonyl (C=O) groups excluding carboxylic acids is 1. The zero-order valence-electron chi connectivity index (χ0n) is 7.32. The first-order valence-electron chi connectivity index (χ1n) is 3.97. The maximum absolute atomic E-state index is 11.0. The standard InChI is InChI=1S/C8H13NO3/c1-5-4-12-8(10)6(2)7(5)9(3)11/h5-7H,3-4H2,1-2H3/t5-,6+,7-/m0/s1. The molecular formula is C8H13NO3. The van der Waals surface area contributed by atoms with E-state index in [0.29, 0.717) is 11.3 Å². The van der Waals surface area contributed by atoms with Gasteiger partial charge in [0.25, 0.3) is 0 Å². The molecule has 0 bridgehead atoms. The maximum Gasteiger partial charge on any atom is 0.315 e. The zero-order valence-corrected chi connectivity index (χ0v) is 7.32. The van der Waals surface area contributed by atoms with E-state index in [0.717, 1.165) is 0 Å². The van der Waals surface area contributed by atoms with Crippen LogP contribution in [0.25, 0.3) is 0 Å². The van der Waals surface area contributed by atoms with E-state index in [1.807, 2.05) is 6.92 Å². The highest BCUT2D eigenvalue weighted by atomic mass is 16.5. The lowest BCUT2D eigenvalue weighted by Gasteiger charge is -2.30. The molecule has 0 radical (unpaired) electrons. The lowest BCUT2D eigenvalue weighted by Crippen LogP contribution is -2.45. The van der Waals surface area contributed by atoms with Crippen LogP contribution in [-0.4, -0.2) is 30.1 Å². The van der Waals surface area contributed by atoms with Gasteiger partial charge >= 0.3 is 5.97 Å². The molecule has 4 nitrogen and oxygen atoms in total. The Kier molecular flexibility index (Phi) is 2.35. The summed E-state index contributed by atoms with van der Waals surface area (Å²) in [7, 11) is 0. The summed E-state index contributed by atoms with van der Waals surface area (Å²) in [5, 5.41) is 11.0. The van der Waals surface area contributed by atoms with Crippen molar-refractivity contribution in [2.24, 2.45) is 11.8 Å². The van der Waals surface area contributed by atoms with Crippen molar-refractivity contribution in [3.63, 3.8) is 0 Å². The van der Waals surface area contributed by atoms with Crippen molar-refractivity contribution >= 4 is 12.7 Å². The first-order valence-corrected chi connectivity index (χ1v) is 3.97. The Labute approximate surface area is 71.4 Å². The molecule has 0 aromatic carbocycles. The van der Waals surface area contributed by atoms with Crippen molar-refractivity contribution in [1.29, 1.82) is 0 Å². The highest BCUT2D eigenvalue weighted by Crippen LogP contribution is 2.22. The van der Waals surface area contributed by atoms with Gasteiger partial charge in [0, 0.05) is 0 Å². The third kappa shape index (κ3) is 1.42. The average Bonchev–Trinajstić information content (AvgIpc) is 1.97. The van der Waals surface area contributed by atoms with Gasteiger partial charge < -0.3 is 9.94 Å². The smallest absolute Gasteiger partial charge is 0.315 e. The second-order valence-electron chi connectivity index (χ2n) is 3.30. The summed E-state index contributed by atoms with van der Waals surface area (Å²) in [6.45, 7) is 7.16. The van der Waals surface area contributed by atoms with E-state index >= 15 is 0 Å². The van der Waals surface area contributed by atoms with Crippen molar-refractivity contribution < 1.29 is 14.3 Å². The number of rotatable bonds is 1. The molecule has 0 unspecified atom stereocenters. The van der Waals surface area contributed by atoms with Gasteiger partial charge in [-0.3, -0.25) is 4.79 Å². The molecule has 0 aliphatic carbocycles. The van der Waals surface area contributed by atoms with Crippen LogP contribution in [-0.2, 0) is 9.53 Å². The molecule has 0 N–H and O–H groups in total. The van der Waals surface area contributed by atoms with Gasteiger partial charge in [-0.2, -0.15) is 0 Å². The van der Waals surface area contributed by atoms with Crippen LogP contribution < -0.4 is 0 Å². The minimum Gasteiger partial charge on any atom is -0.624 e. The average molecular weight is 171 g/mol. The number of carbonyl (C=O) groups is 1. The minimum absolute atomic E-state index is 0.0627. The number of hydroxylamine groups is 1. The van der Waals surface area contributed by atoms with Crippen molar-refractivity contribution in [1.82, 2.24) is 0 Å². The number of hydrogen-bond acceptors (Lipinski definition) is 3. The van der Waals surface area contributed by atoms with E-state index in [1.54, 1.807) is 6.92 Å². The van der Waals surface area contributed by atoms with E-state index in [1.165, 1.54) is 0 Å². The fourth-order valence-corrected chi connectivity index (χ4v) is 1.61. The van der Waals surface area contributed by atoms with Crippen molar-refractivity contribution in [2.75, 3.05) is 6.61 Å². The van der Waals surface area contributed by atoms with Gasteiger partial charge in [0.05, 0.1) is 5.92 Å². The fourth-order valence-electron chi connectivity index (χ4n) is 1.61. The van der Waals surface area contributed by atoms with Crippen LogP contribution in [0.5, 0.6) is 0 Å². The summed E-state index contributed by atoms with van der Waals surface area (Å²) < 4.78 is 5.46. The van der Waals surface area contributed by atoms with E-state index in [-0.39, 0.29) is 23.8 Å². The summed E-state index contributed by atoms with van der Waals surface area (Å²) in [5.74, 6) is -0.612. The summed E-state index contributed by atoms with van der Waals surface area (Å²) in [6, 6.07) is -0.341. The molecule has 1 rings (SSSR count). The monoisotopic (exact) mass is 171 g/mol. The van der Waals surface area contributed by atoms with Gasteiger partial charge in [-0.25, -0.2) is 4.74 Å². The molecule has 1 saturated heterocycles. The maximum atomic E-state index is 11.0. The number of esters is 1. The van der Waals surface area contributed by atoms with E-state index < -0.39 is 0 Å². The predicted octanol–water partition coefficient (Wildman–Crippen LogP) is 0.395. The Morgan fingerprint density at radius 2 is 2.25 bits per heavy atom. The molecule has 0 amide bonds. The third-order valence-electron chi connectivity index (χ3n) is 2.29. The number of cyclic esters (lactones) is 1. The van der Waals surface area contributed by atoms with Crippen LogP contribution in [0.4, 0.5) is 0 Å². The lowest BCUT2D eigenvalue weighted by molar-refractivity contribution is -0.514. The zero-order chi connectivity index (χ0) is 9.30. The Bertz CT molecular complexity index is 214. The Morgan fingerprint density at radius 1 is 1.67 bits per heavy atom. The molecule has 0 saturated carbocycles. The Balaban J connectivity index is 2.78. The molecule has 3 atom stereocenters. The van der Waals surface area contributed by atoms with E-state index in [2.05, 4.69) is 6.72 Å². The predicted molar refractivity (Wildman–Crippen MR) is 43.8 cm³/mol. The SMILES string of the molecule is C=[N+]([O-])[C@H]1[C@@H](C)COC(=O)[C@@H]1C. The Hall–Kier alpha value is -1.06. The van der Waals surface area contributed by atoms with Crippen LogP contribution >= 0.6 is 0 Å². The molecule has 1 fully saturated rings. The second-order valence-corrected chi connectivity index (χ2v) is 3.30. The van der Waals surface area contributed by atoms with Crippen molar-refractivity contribution in [2.45, 2.75) is 19.9 Å². The molecule has 4 heteroatoms. The third-order valence-corrected chi connectivity index (χ3v) is 2.29. The van der Waals surface area contributed by atoms with Gasteiger partial charge in [0.2, 0.25) is 0 Å². The number of nitrogens with zero attached hydrogens (tertiary/aromatic N) is 1. The quantitative estimate of drug-likeness (QED) is 0.188. The van der Waals surface area contributed by atoms with E-state index in [4.69, 9.17) is 4.74 Å². The van der Waals surface area contributed by atoms with Crippen LogP contribution in [0, 0.1) is 17.0 Å². The number of ether oxygens (including phenoxy) is 1. The van der Waals surface area contributed by atoms with Gasteiger partial charge in [0.1, 0.15) is 19.2 Å². The normalized spacial score (nSPS) is 35.8. The highest BCUT2D eigenvalue weighted by Gasteiger charge is 2.40. The molecule has 68 valence electrons. The first-order chi connectivity index (χ1) is 5.54. The lowest BCUT2D eigenvalue weighted by atomic mass is 9.89. The Morgan fingerprint density at radius 3 is 2.67 bits per heavy atom. The summed E-state index contributed by atoms with van der Waals surface area (Å²) in [5.41, 5.74) is 0. The molecule has 0 aromatic heterocycles. The summed E-state index contributed by atoms with van der Waals surface area (Å²) >= 11 is 0. The molecule has 1 heterocycles. The fraction of sp³-hybridized carbons (Fsp3) is 0.750. The molecule has 0 aromatic rings. The summed E-state index contributed by atoms with van der Waals surface area (Å²) in [4.78, 5) is 11.0. The topological polar surface area (TPSA) is 52.4 Å². The molecule has 0 spiro atoms. The second kappa shape index (κ2) is 3.13.